The Morgan fingerprint density at radius 2 is 2.07 bits per heavy atom. The summed E-state index contributed by atoms with van der Waals surface area (Å²) in [5.41, 5.74) is 4.28. The molecule has 1 unspecified atom stereocenters. The van der Waals surface area contributed by atoms with Gasteiger partial charge in [-0.15, -0.1) is 0 Å². The first-order valence-corrected chi connectivity index (χ1v) is 10.2. The van der Waals surface area contributed by atoms with Gasteiger partial charge in [-0.3, -0.25) is 4.90 Å². The summed E-state index contributed by atoms with van der Waals surface area (Å²) in [4.78, 5) is 13.2. The lowest BCUT2D eigenvalue weighted by Crippen LogP contribution is -2.44. The highest BCUT2D eigenvalue weighted by Crippen LogP contribution is 2.35. The molecule has 4 rings (SSSR count). The van der Waals surface area contributed by atoms with Crippen LogP contribution in [0.15, 0.2) is 30.6 Å². The lowest BCUT2D eigenvalue weighted by atomic mass is 9.90. The van der Waals surface area contributed by atoms with Crippen LogP contribution in [0.2, 0.25) is 0 Å². The van der Waals surface area contributed by atoms with E-state index >= 15 is 0 Å². The van der Waals surface area contributed by atoms with E-state index in [-0.39, 0.29) is 6.04 Å². The molecule has 1 aromatic carbocycles. The largest absolute Gasteiger partial charge is 0.348 e. The third-order valence-electron chi connectivity index (χ3n) is 6.23. The van der Waals surface area contributed by atoms with Crippen LogP contribution in [-0.4, -0.2) is 52.0 Å². The summed E-state index contributed by atoms with van der Waals surface area (Å²) in [5, 5.41) is 9.32. The Labute approximate surface area is 162 Å². The predicted octanol–water partition coefficient (Wildman–Crippen LogP) is 3.35. The molecule has 0 amide bonds. The second kappa shape index (κ2) is 7.84. The number of nitriles is 1. The Bertz CT molecular complexity index is 810. The smallest absolute Gasteiger partial charge is 0.0991 e. The molecule has 27 heavy (non-hydrogen) atoms. The summed E-state index contributed by atoms with van der Waals surface area (Å²) < 4.78 is 0. The van der Waals surface area contributed by atoms with Crippen molar-refractivity contribution in [1.82, 2.24) is 19.8 Å². The zero-order valence-corrected chi connectivity index (χ0v) is 16.4. The molecular formula is C22H29N5. The quantitative estimate of drug-likeness (QED) is 0.905. The summed E-state index contributed by atoms with van der Waals surface area (Å²) in [6.45, 7) is 9.15. The average Bonchev–Trinajstić information content (AvgIpc) is 3.17. The van der Waals surface area contributed by atoms with E-state index in [1.165, 1.54) is 37.2 Å². The fraction of sp³-hybridized carbons (Fsp3) is 0.545. The number of H-pyrrole nitrogens is 1. The molecule has 1 fully saturated rings. The monoisotopic (exact) mass is 363 g/mol. The van der Waals surface area contributed by atoms with Crippen LogP contribution in [0.5, 0.6) is 0 Å². The van der Waals surface area contributed by atoms with Crippen molar-refractivity contribution in [2.45, 2.75) is 45.2 Å². The minimum atomic E-state index is 0.149. The molecule has 0 spiro atoms. The van der Waals surface area contributed by atoms with Gasteiger partial charge < -0.3 is 9.88 Å². The number of hydrogen-bond donors (Lipinski definition) is 1. The van der Waals surface area contributed by atoms with Gasteiger partial charge in [-0.2, -0.15) is 5.26 Å². The van der Waals surface area contributed by atoms with Crippen LogP contribution in [0.3, 0.4) is 0 Å². The van der Waals surface area contributed by atoms with Gasteiger partial charge in [-0.05, 0) is 63.4 Å². The van der Waals surface area contributed by atoms with Crippen molar-refractivity contribution in [2.24, 2.45) is 5.92 Å². The van der Waals surface area contributed by atoms with Crippen molar-refractivity contribution in [3.8, 4) is 6.07 Å². The number of imidazole rings is 1. The van der Waals surface area contributed by atoms with Gasteiger partial charge in [-0.1, -0.05) is 12.1 Å². The highest BCUT2D eigenvalue weighted by Gasteiger charge is 2.33. The van der Waals surface area contributed by atoms with E-state index in [0.717, 1.165) is 36.7 Å². The molecule has 2 aliphatic rings. The Hall–Kier alpha value is -2.16. The van der Waals surface area contributed by atoms with Gasteiger partial charge in [0.2, 0.25) is 0 Å². The van der Waals surface area contributed by atoms with Crippen molar-refractivity contribution >= 4 is 0 Å². The molecule has 0 aliphatic carbocycles. The van der Waals surface area contributed by atoms with Gasteiger partial charge in [0.05, 0.1) is 29.7 Å². The number of rotatable bonds is 4. The molecule has 5 nitrogen and oxygen atoms in total. The van der Waals surface area contributed by atoms with Crippen LogP contribution >= 0.6 is 0 Å². The van der Waals surface area contributed by atoms with Crippen molar-refractivity contribution in [2.75, 3.05) is 26.2 Å². The summed E-state index contributed by atoms with van der Waals surface area (Å²) >= 11 is 0. The minimum Gasteiger partial charge on any atom is -0.348 e. The molecule has 1 saturated heterocycles. The van der Waals surface area contributed by atoms with E-state index in [4.69, 9.17) is 0 Å². The van der Waals surface area contributed by atoms with E-state index in [1.807, 2.05) is 24.5 Å². The molecule has 142 valence electrons. The van der Waals surface area contributed by atoms with Crippen molar-refractivity contribution in [3.05, 3.63) is 53.1 Å². The standard InChI is InChI=1S/C22H29N5/c1-16(2)26-9-6-17(7-10-26)14-27-11-8-20-21(25-15-24-20)22(27)19-5-3-4-18(12-19)13-23/h3-5,12,15-17,22H,6-11,14H2,1-2H3,(H,24,25). The number of aromatic amines is 1. The molecule has 1 atom stereocenters. The number of piperidine rings is 1. The van der Waals surface area contributed by atoms with Crippen LogP contribution in [0.25, 0.3) is 0 Å². The number of nitrogens with one attached hydrogen (secondary N) is 1. The van der Waals surface area contributed by atoms with Gasteiger partial charge in [0.1, 0.15) is 0 Å². The number of aromatic nitrogens is 2. The summed E-state index contributed by atoms with van der Waals surface area (Å²) in [6.07, 6.45) is 5.38. The van der Waals surface area contributed by atoms with Gasteiger partial charge in [0.25, 0.3) is 0 Å². The fourth-order valence-electron chi connectivity index (χ4n) is 4.65. The van der Waals surface area contributed by atoms with Crippen LogP contribution < -0.4 is 0 Å². The molecule has 5 heteroatoms. The maximum absolute atomic E-state index is 9.32. The zero-order chi connectivity index (χ0) is 18.8. The van der Waals surface area contributed by atoms with Crippen molar-refractivity contribution < 1.29 is 0 Å². The fourth-order valence-corrected chi connectivity index (χ4v) is 4.65. The number of likely N-dealkylation sites (tertiary alicyclic amines) is 1. The van der Waals surface area contributed by atoms with Crippen LogP contribution in [-0.2, 0) is 6.42 Å². The lowest BCUT2D eigenvalue weighted by molar-refractivity contribution is 0.106. The zero-order valence-electron chi connectivity index (χ0n) is 16.4. The van der Waals surface area contributed by atoms with E-state index in [9.17, 15) is 5.26 Å². The molecule has 1 aromatic heterocycles. The minimum absolute atomic E-state index is 0.149. The molecule has 2 aromatic rings. The Morgan fingerprint density at radius 1 is 1.26 bits per heavy atom. The SMILES string of the molecule is CC(C)N1CCC(CN2CCc3[nH]cnc3C2c2cccc(C#N)c2)CC1. The molecule has 1 N–H and O–H groups in total. The molecule has 0 saturated carbocycles. The van der Waals surface area contributed by atoms with Crippen molar-refractivity contribution in [3.63, 3.8) is 0 Å². The number of hydrogen-bond acceptors (Lipinski definition) is 4. The predicted molar refractivity (Wildman–Crippen MR) is 106 cm³/mol. The average molecular weight is 364 g/mol. The van der Waals surface area contributed by atoms with Gasteiger partial charge in [-0.25, -0.2) is 4.98 Å². The van der Waals surface area contributed by atoms with E-state index in [1.54, 1.807) is 0 Å². The maximum atomic E-state index is 9.32. The first-order valence-electron chi connectivity index (χ1n) is 10.2. The second-order valence-corrected chi connectivity index (χ2v) is 8.22. The number of fused-ring (bicyclic) bond motifs is 1. The highest BCUT2D eigenvalue weighted by molar-refractivity contribution is 5.39. The van der Waals surface area contributed by atoms with E-state index < -0.39 is 0 Å². The number of nitrogens with zero attached hydrogens (tertiary/aromatic N) is 4. The second-order valence-electron chi connectivity index (χ2n) is 8.22. The number of benzene rings is 1. The Morgan fingerprint density at radius 3 is 2.81 bits per heavy atom. The van der Waals surface area contributed by atoms with Gasteiger partial charge in [0.15, 0.2) is 0 Å². The topological polar surface area (TPSA) is 58.9 Å². The Kier molecular flexibility index (Phi) is 5.29. The van der Waals surface area contributed by atoms with Gasteiger partial charge >= 0.3 is 0 Å². The van der Waals surface area contributed by atoms with Crippen LogP contribution in [0.1, 0.15) is 55.2 Å². The van der Waals surface area contributed by atoms with Crippen LogP contribution in [0.4, 0.5) is 0 Å². The molecule has 3 heterocycles. The molecular weight excluding hydrogens is 334 g/mol. The van der Waals surface area contributed by atoms with E-state index in [0.29, 0.717) is 6.04 Å². The Balaban J connectivity index is 1.55. The lowest BCUT2D eigenvalue weighted by Gasteiger charge is -2.40. The maximum Gasteiger partial charge on any atom is 0.0991 e. The van der Waals surface area contributed by atoms with E-state index in [2.05, 4.69) is 45.8 Å². The summed E-state index contributed by atoms with van der Waals surface area (Å²) in [5.74, 6) is 0.738. The van der Waals surface area contributed by atoms with Crippen molar-refractivity contribution in [1.29, 1.82) is 5.26 Å². The third kappa shape index (κ3) is 3.78. The highest BCUT2D eigenvalue weighted by atomic mass is 15.2. The normalized spacial score (nSPS) is 21.9. The van der Waals surface area contributed by atoms with Gasteiger partial charge in [0, 0.05) is 31.2 Å². The molecule has 0 radical (unpaired) electrons. The first kappa shape index (κ1) is 18.2. The molecule has 2 aliphatic heterocycles. The summed E-state index contributed by atoms with van der Waals surface area (Å²) in [6, 6.07) is 11.1. The third-order valence-corrected chi connectivity index (χ3v) is 6.23. The summed E-state index contributed by atoms with van der Waals surface area (Å²) in [7, 11) is 0. The molecule has 0 bridgehead atoms. The van der Waals surface area contributed by atoms with Crippen LogP contribution in [0, 0.1) is 17.2 Å². The first-order chi connectivity index (χ1) is 13.2.